The molecule has 2 rings (SSSR count). The lowest BCUT2D eigenvalue weighted by atomic mass is 10.2. The molecule has 0 aromatic carbocycles. The lowest BCUT2D eigenvalue weighted by molar-refractivity contribution is 0.0668. The predicted octanol–water partition coefficient (Wildman–Crippen LogP) is 0.377. The summed E-state index contributed by atoms with van der Waals surface area (Å²) in [6, 6.07) is 2.61. The molecule has 6 nitrogen and oxygen atoms in total. The molecular formula is C12H14N2O4. The molecule has 1 saturated heterocycles. The van der Waals surface area contributed by atoms with Gasteiger partial charge in [0.25, 0.3) is 5.91 Å². The molecule has 1 atom stereocenters. The number of carboxylic acids is 1. The van der Waals surface area contributed by atoms with Gasteiger partial charge in [-0.2, -0.15) is 0 Å². The Morgan fingerprint density at radius 3 is 2.78 bits per heavy atom. The van der Waals surface area contributed by atoms with Crippen molar-refractivity contribution in [3.05, 3.63) is 29.6 Å². The Labute approximate surface area is 104 Å². The molecule has 0 aliphatic carbocycles. The molecule has 6 heteroatoms. The Morgan fingerprint density at radius 2 is 2.22 bits per heavy atom. The standard InChI is InChI=1S/C12H14N2O4/c15-7-9-2-1-5-14(9)11(16)8-3-4-10(12(17)18)13-6-8/h3-4,6,9,15H,1-2,5,7H2,(H,17,18). The topological polar surface area (TPSA) is 90.7 Å². The molecule has 1 aliphatic heterocycles. The summed E-state index contributed by atoms with van der Waals surface area (Å²) in [4.78, 5) is 28.1. The van der Waals surface area contributed by atoms with E-state index in [1.54, 1.807) is 4.90 Å². The van der Waals surface area contributed by atoms with E-state index in [0.717, 1.165) is 12.8 Å². The quantitative estimate of drug-likeness (QED) is 0.809. The van der Waals surface area contributed by atoms with Gasteiger partial charge in [-0.1, -0.05) is 0 Å². The van der Waals surface area contributed by atoms with Crippen LogP contribution < -0.4 is 0 Å². The van der Waals surface area contributed by atoms with Gasteiger partial charge in [-0.05, 0) is 25.0 Å². The molecule has 96 valence electrons. The number of pyridine rings is 1. The van der Waals surface area contributed by atoms with Gasteiger partial charge in [0.05, 0.1) is 18.2 Å². The first-order chi connectivity index (χ1) is 8.63. The number of aliphatic hydroxyl groups excluding tert-OH is 1. The molecule has 0 spiro atoms. The molecule has 0 radical (unpaired) electrons. The van der Waals surface area contributed by atoms with Crippen molar-refractivity contribution in [1.29, 1.82) is 0 Å². The van der Waals surface area contributed by atoms with E-state index < -0.39 is 5.97 Å². The fraction of sp³-hybridized carbons (Fsp3) is 0.417. The van der Waals surface area contributed by atoms with Crippen LogP contribution in [-0.4, -0.2) is 51.2 Å². The van der Waals surface area contributed by atoms with E-state index >= 15 is 0 Å². The molecule has 2 heterocycles. The van der Waals surface area contributed by atoms with Gasteiger partial charge < -0.3 is 15.1 Å². The molecular weight excluding hydrogens is 236 g/mol. The Bertz CT molecular complexity index is 458. The second-order valence-corrected chi connectivity index (χ2v) is 4.21. The number of carboxylic acid groups (broad SMARTS) is 1. The number of carbonyl (C=O) groups excluding carboxylic acids is 1. The van der Waals surface area contributed by atoms with Crippen molar-refractivity contribution in [1.82, 2.24) is 9.88 Å². The number of hydrogen-bond donors (Lipinski definition) is 2. The highest BCUT2D eigenvalue weighted by molar-refractivity contribution is 5.95. The number of rotatable bonds is 3. The normalized spacial score (nSPS) is 18.9. The van der Waals surface area contributed by atoms with E-state index in [4.69, 9.17) is 10.2 Å². The average Bonchev–Trinajstić information content (AvgIpc) is 2.86. The van der Waals surface area contributed by atoms with Crippen LogP contribution in [0.2, 0.25) is 0 Å². The van der Waals surface area contributed by atoms with Crippen molar-refractivity contribution in [3.8, 4) is 0 Å². The van der Waals surface area contributed by atoms with Crippen LogP contribution in [0.5, 0.6) is 0 Å². The summed E-state index contributed by atoms with van der Waals surface area (Å²) < 4.78 is 0. The highest BCUT2D eigenvalue weighted by Gasteiger charge is 2.28. The zero-order chi connectivity index (χ0) is 13.1. The van der Waals surface area contributed by atoms with E-state index in [1.165, 1.54) is 18.3 Å². The van der Waals surface area contributed by atoms with Crippen LogP contribution in [0.3, 0.4) is 0 Å². The summed E-state index contributed by atoms with van der Waals surface area (Å²) in [7, 11) is 0. The van der Waals surface area contributed by atoms with Gasteiger partial charge in [-0.3, -0.25) is 4.79 Å². The summed E-state index contributed by atoms with van der Waals surface area (Å²) in [6.45, 7) is 0.567. The average molecular weight is 250 g/mol. The predicted molar refractivity (Wildman–Crippen MR) is 62.3 cm³/mol. The molecule has 0 saturated carbocycles. The van der Waals surface area contributed by atoms with E-state index in [9.17, 15) is 9.59 Å². The van der Waals surface area contributed by atoms with Crippen molar-refractivity contribution < 1.29 is 19.8 Å². The van der Waals surface area contributed by atoms with Gasteiger partial charge in [0, 0.05) is 12.7 Å². The number of carbonyl (C=O) groups is 2. The molecule has 18 heavy (non-hydrogen) atoms. The number of aromatic carboxylic acids is 1. The van der Waals surface area contributed by atoms with Crippen LogP contribution in [0.1, 0.15) is 33.7 Å². The van der Waals surface area contributed by atoms with E-state index in [0.29, 0.717) is 12.1 Å². The monoisotopic (exact) mass is 250 g/mol. The molecule has 1 aliphatic rings. The third-order valence-corrected chi connectivity index (χ3v) is 3.08. The zero-order valence-corrected chi connectivity index (χ0v) is 9.74. The van der Waals surface area contributed by atoms with Crippen molar-refractivity contribution in [2.24, 2.45) is 0 Å². The highest BCUT2D eigenvalue weighted by atomic mass is 16.4. The number of aliphatic hydroxyl groups is 1. The highest BCUT2D eigenvalue weighted by Crippen LogP contribution is 2.19. The minimum atomic E-state index is -1.12. The van der Waals surface area contributed by atoms with E-state index in [-0.39, 0.29) is 24.2 Å². The molecule has 1 fully saturated rings. The second kappa shape index (κ2) is 5.14. The van der Waals surface area contributed by atoms with Crippen molar-refractivity contribution >= 4 is 11.9 Å². The summed E-state index contributed by atoms with van der Waals surface area (Å²) in [5, 5.41) is 17.9. The largest absolute Gasteiger partial charge is 0.477 e. The SMILES string of the molecule is O=C(O)c1ccc(C(=O)N2CCCC2CO)cn1. The van der Waals surface area contributed by atoms with Crippen LogP contribution in [0, 0.1) is 0 Å². The fourth-order valence-corrected chi connectivity index (χ4v) is 2.11. The van der Waals surface area contributed by atoms with Crippen molar-refractivity contribution in [2.45, 2.75) is 18.9 Å². The molecule has 0 bridgehead atoms. The van der Waals surface area contributed by atoms with Gasteiger partial charge in [-0.25, -0.2) is 9.78 Å². The zero-order valence-electron chi connectivity index (χ0n) is 9.74. The summed E-state index contributed by atoms with van der Waals surface area (Å²) >= 11 is 0. The van der Waals surface area contributed by atoms with Crippen LogP contribution in [-0.2, 0) is 0 Å². The minimum Gasteiger partial charge on any atom is -0.477 e. The maximum absolute atomic E-state index is 12.1. The van der Waals surface area contributed by atoms with Gasteiger partial charge in [0.1, 0.15) is 5.69 Å². The van der Waals surface area contributed by atoms with Gasteiger partial charge >= 0.3 is 5.97 Å². The van der Waals surface area contributed by atoms with Gasteiger partial charge in [0.2, 0.25) is 0 Å². The molecule has 1 unspecified atom stereocenters. The Hall–Kier alpha value is -1.95. The van der Waals surface area contributed by atoms with E-state index in [2.05, 4.69) is 4.98 Å². The van der Waals surface area contributed by atoms with E-state index in [1.807, 2.05) is 0 Å². The lowest BCUT2D eigenvalue weighted by Crippen LogP contribution is -2.37. The van der Waals surface area contributed by atoms with Gasteiger partial charge in [0.15, 0.2) is 0 Å². The number of hydrogen-bond acceptors (Lipinski definition) is 4. The number of aromatic nitrogens is 1. The number of nitrogens with zero attached hydrogens (tertiary/aromatic N) is 2. The van der Waals surface area contributed by atoms with Crippen LogP contribution in [0.25, 0.3) is 0 Å². The maximum Gasteiger partial charge on any atom is 0.354 e. The Morgan fingerprint density at radius 1 is 1.44 bits per heavy atom. The molecule has 1 aromatic heterocycles. The number of amides is 1. The van der Waals surface area contributed by atoms with Crippen LogP contribution in [0.4, 0.5) is 0 Å². The fourth-order valence-electron chi connectivity index (χ4n) is 2.11. The summed E-state index contributed by atoms with van der Waals surface area (Å²) in [5.74, 6) is -1.33. The Balaban J connectivity index is 2.16. The summed E-state index contributed by atoms with van der Waals surface area (Å²) in [6.07, 6.45) is 2.93. The molecule has 1 aromatic rings. The lowest BCUT2D eigenvalue weighted by Gasteiger charge is -2.22. The Kier molecular flexibility index (Phi) is 3.57. The number of likely N-dealkylation sites (tertiary alicyclic amines) is 1. The molecule has 2 N–H and O–H groups in total. The summed E-state index contributed by atoms with van der Waals surface area (Å²) in [5.41, 5.74) is 0.257. The minimum absolute atomic E-state index is 0.0492. The van der Waals surface area contributed by atoms with Crippen molar-refractivity contribution in [2.75, 3.05) is 13.2 Å². The first-order valence-corrected chi connectivity index (χ1v) is 5.74. The van der Waals surface area contributed by atoms with Crippen LogP contribution >= 0.6 is 0 Å². The van der Waals surface area contributed by atoms with Crippen molar-refractivity contribution in [3.63, 3.8) is 0 Å². The third-order valence-electron chi connectivity index (χ3n) is 3.08. The first-order valence-electron chi connectivity index (χ1n) is 5.74. The maximum atomic E-state index is 12.1. The van der Waals surface area contributed by atoms with Crippen LogP contribution in [0.15, 0.2) is 18.3 Å². The smallest absolute Gasteiger partial charge is 0.354 e. The third kappa shape index (κ3) is 2.33. The first kappa shape index (κ1) is 12.5. The molecule has 1 amide bonds. The second-order valence-electron chi connectivity index (χ2n) is 4.21. The van der Waals surface area contributed by atoms with Gasteiger partial charge in [-0.15, -0.1) is 0 Å².